The number of aliphatic carboxylic acids is 1. The van der Waals surface area contributed by atoms with E-state index in [1.165, 1.54) is 23.1 Å². The van der Waals surface area contributed by atoms with Crippen LogP contribution in [0.3, 0.4) is 0 Å². The number of nitrogens with one attached hydrogen (secondary N) is 1. The molecule has 1 aromatic carbocycles. The van der Waals surface area contributed by atoms with Gasteiger partial charge in [0.05, 0.1) is 10.9 Å². The predicted octanol–water partition coefficient (Wildman–Crippen LogP) is 2.90. The first-order chi connectivity index (χ1) is 10.5. The van der Waals surface area contributed by atoms with Crippen molar-refractivity contribution in [3.8, 4) is 0 Å². The summed E-state index contributed by atoms with van der Waals surface area (Å²) in [7, 11) is 0. The molecule has 1 atom stereocenters. The number of halogens is 2. The number of hydrogen-bond acceptors (Lipinski definition) is 2. The molecule has 2 aromatic rings. The van der Waals surface area contributed by atoms with Crippen LogP contribution in [0.1, 0.15) is 23.3 Å². The van der Waals surface area contributed by atoms with Crippen LogP contribution in [0.4, 0.5) is 4.39 Å². The fourth-order valence-corrected chi connectivity index (χ4v) is 3.08. The molecule has 1 aliphatic heterocycles. The number of likely N-dealkylation sites (tertiary alicyclic amines) is 1. The summed E-state index contributed by atoms with van der Waals surface area (Å²) in [4.78, 5) is 28.0. The molecule has 1 amide bonds. The van der Waals surface area contributed by atoms with Crippen molar-refractivity contribution in [2.24, 2.45) is 5.92 Å². The SMILES string of the molecule is O=C(O)[C@H]1CCCN(C(=O)c2[nH]c3ccc(F)cc3c2Cl)C1. The quantitative estimate of drug-likeness (QED) is 0.892. The minimum atomic E-state index is -0.901. The Kier molecular flexibility index (Phi) is 3.78. The van der Waals surface area contributed by atoms with Crippen LogP contribution < -0.4 is 0 Å². The van der Waals surface area contributed by atoms with Crippen LogP contribution in [0.15, 0.2) is 18.2 Å². The molecule has 2 heterocycles. The van der Waals surface area contributed by atoms with Gasteiger partial charge in [-0.1, -0.05) is 11.6 Å². The molecule has 116 valence electrons. The van der Waals surface area contributed by atoms with E-state index in [9.17, 15) is 14.0 Å². The fourth-order valence-electron chi connectivity index (χ4n) is 2.80. The molecule has 1 fully saturated rings. The van der Waals surface area contributed by atoms with Gasteiger partial charge in [0.25, 0.3) is 5.91 Å². The summed E-state index contributed by atoms with van der Waals surface area (Å²) in [6.07, 6.45) is 1.19. The van der Waals surface area contributed by atoms with Gasteiger partial charge in [0.2, 0.25) is 0 Å². The van der Waals surface area contributed by atoms with Gasteiger partial charge in [0, 0.05) is 24.0 Å². The van der Waals surface area contributed by atoms with Crippen LogP contribution in [-0.2, 0) is 4.79 Å². The number of hydrogen-bond donors (Lipinski definition) is 2. The fraction of sp³-hybridized carbons (Fsp3) is 0.333. The molecule has 0 radical (unpaired) electrons. The lowest BCUT2D eigenvalue weighted by atomic mass is 9.98. The number of benzene rings is 1. The minimum Gasteiger partial charge on any atom is -0.481 e. The van der Waals surface area contributed by atoms with E-state index >= 15 is 0 Å². The van der Waals surface area contributed by atoms with Gasteiger partial charge in [-0.25, -0.2) is 4.39 Å². The smallest absolute Gasteiger partial charge is 0.308 e. The minimum absolute atomic E-state index is 0.161. The van der Waals surface area contributed by atoms with Gasteiger partial charge >= 0.3 is 5.97 Å². The number of carboxylic acid groups (broad SMARTS) is 1. The highest BCUT2D eigenvalue weighted by Gasteiger charge is 2.30. The third-order valence-corrected chi connectivity index (χ3v) is 4.36. The van der Waals surface area contributed by atoms with Crippen LogP contribution in [0.5, 0.6) is 0 Å². The molecule has 1 aromatic heterocycles. The molecule has 5 nitrogen and oxygen atoms in total. The maximum Gasteiger partial charge on any atom is 0.308 e. The molecule has 0 aliphatic carbocycles. The third kappa shape index (κ3) is 2.54. The number of piperidine rings is 1. The largest absolute Gasteiger partial charge is 0.481 e. The lowest BCUT2D eigenvalue weighted by Gasteiger charge is -2.30. The van der Waals surface area contributed by atoms with Crippen molar-refractivity contribution < 1.29 is 19.1 Å². The van der Waals surface area contributed by atoms with Crippen molar-refractivity contribution >= 4 is 34.4 Å². The maximum atomic E-state index is 13.3. The first-order valence-electron chi connectivity index (χ1n) is 6.96. The van der Waals surface area contributed by atoms with Gasteiger partial charge in [-0.2, -0.15) is 0 Å². The van der Waals surface area contributed by atoms with E-state index in [0.717, 1.165) is 0 Å². The zero-order valence-electron chi connectivity index (χ0n) is 11.6. The summed E-state index contributed by atoms with van der Waals surface area (Å²) in [6, 6.07) is 4.07. The molecule has 1 saturated heterocycles. The molecule has 1 aliphatic rings. The second kappa shape index (κ2) is 5.61. The van der Waals surface area contributed by atoms with Gasteiger partial charge < -0.3 is 15.0 Å². The second-order valence-corrected chi connectivity index (χ2v) is 5.81. The number of amides is 1. The number of carbonyl (C=O) groups excluding carboxylic acids is 1. The van der Waals surface area contributed by atoms with E-state index in [1.54, 1.807) is 0 Å². The molecule has 0 unspecified atom stereocenters. The highest BCUT2D eigenvalue weighted by Crippen LogP contribution is 2.30. The Labute approximate surface area is 130 Å². The Hall–Kier alpha value is -2.08. The summed E-state index contributed by atoms with van der Waals surface area (Å²) < 4.78 is 13.3. The van der Waals surface area contributed by atoms with E-state index in [1.807, 2.05) is 0 Å². The van der Waals surface area contributed by atoms with Crippen LogP contribution >= 0.6 is 11.6 Å². The third-order valence-electron chi connectivity index (χ3n) is 3.97. The van der Waals surface area contributed by atoms with Crippen molar-refractivity contribution in [3.05, 3.63) is 34.7 Å². The topological polar surface area (TPSA) is 73.4 Å². The lowest BCUT2D eigenvalue weighted by Crippen LogP contribution is -2.42. The van der Waals surface area contributed by atoms with E-state index in [-0.39, 0.29) is 23.2 Å². The van der Waals surface area contributed by atoms with Gasteiger partial charge in [-0.05, 0) is 31.0 Å². The predicted molar refractivity (Wildman–Crippen MR) is 79.5 cm³/mol. The zero-order chi connectivity index (χ0) is 15.9. The van der Waals surface area contributed by atoms with Gasteiger partial charge in [-0.15, -0.1) is 0 Å². The molecule has 0 saturated carbocycles. The van der Waals surface area contributed by atoms with Gasteiger partial charge in [0.1, 0.15) is 11.5 Å². The molecule has 0 bridgehead atoms. The Morgan fingerprint density at radius 2 is 2.18 bits per heavy atom. The van der Waals surface area contributed by atoms with Crippen molar-refractivity contribution in [3.63, 3.8) is 0 Å². The number of aromatic nitrogens is 1. The van der Waals surface area contributed by atoms with E-state index in [0.29, 0.717) is 30.3 Å². The average molecular weight is 325 g/mol. The second-order valence-electron chi connectivity index (χ2n) is 5.43. The zero-order valence-corrected chi connectivity index (χ0v) is 12.4. The molecule has 22 heavy (non-hydrogen) atoms. The number of fused-ring (bicyclic) bond motifs is 1. The summed E-state index contributed by atoms with van der Waals surface area (Å²) in [5.41, 5.74) is 0.745. The summed E-state index contributed by atoms with van der Waals surface area (Å²) in [6.45, 7) is 0.650. The van der Waals surface area contributed by atoms with Crippen LogP contribution in [0.25, 0.3) is 10.9 Å². The number of carboxylic acids is 1. The van der Waals surface area contributed by atoms with Crippen molar-refractivity contribution in [2.45, 2.75) is 12.8 Å². The van der Waals surface area contributed by atoms with Crippen LogP contribution in [0.2, 0.25) is 5.02 Å². The van der Waals surface area contributed by atoms with E-state index < -0.39 is 17.7 Å². The molecular weight excluding hydrogens is 311 g/mol. The number of aromatic amines is 1. The highest BCUT2D eigenvalue weighted by atomic mass is 35.5. The van der Waals surface area contributed by atoms with Gasteiger partial charge in [-0.3, -0.25) is 9.59 Å². The standard InChI is InChI=1S/C15H14ClFN2O3/c16-12-10-6-9(17)3-4-11(10)18-13(12)14(20)19-5-1-2-8(7-19)15(21)22/h3-4,6,8,18H,1-2,5,7H2,(H,21,22)/t8-/m0/s1. The van der Waals surface area contributed by atoms with Gasteiger partial charge in [0.15, 0.2) is 0 Å². The highest BCUT2D eigenvalue weighted by molar-refractivity contribution is 6.38. The number of carbonyl (C=O) groups is 2. The van der Waals surface area contributed by atoms with Crippen molar-refractivity contribution in [1.29, 1.82) is 0 Å². The Morgan fingerprint density at radius 1 is 1.41 bits per heavy atom. The maximum absolute atomic E-state index is 13.3. The summed E-state index contributed by atoms with van der Waals surface area (Å²) in [5, 5.41) is 9.70. The molecular formula is C15H14ClFN2O3. The Bertz CT molecular complexity index is 759. The molecule has 2 N–H and O–H groups in total. The van der Waals surface area contributed by atoms with Crippen LogP contribution in [-0.4, -0.2) is 40.0 Å². The molecule has 0 spiro atoms. The van der Waals surface area contributed by atoms with Crippen molar-refractivity contribution in [1.82, 2.24) is 9.88 Å². The lowest BCUT2D eigenvalue weighted by molar-refractivity contribution is -0.143. The van der Waals surface area contributed by atoms with E-state index in [2.05, 4.69) is 4.98 Å². The molecule has 7 heteroatoms. The monoisotopic (exact) mass is 324 g/mol. The average Bonchev–Trinajstić information content (AvgIpc) is 2.83. The summed E-state index contributed by atoms with van der Waals surface area (Å²) in [5.74, 6) is -2.25. The number of nitrogens with zero attached hydrogens (tertiary/aromatic N) is 1. The number of rotatable bonds is 2. The van der Waals surface area contributed by atoms with Crippen molar-refractivity contribution in [2.75, 3.05) is 13.1 Å². The first-order valence-corrected chi connectivity index (χ1v) is 7.34. The van der Waals surface area contributed by atoms with E-state index in [4.69, 9.17) is 16.7 Å². The normalized spacial score (nSPS) is 18.6. The first kappa shape index (κ1) is 14.8. The Morgan fingerprint density at radius 3 is 2.91 bits per heavy atom. The van der Waals surface area contributed by atoms with Crippen LogP contribution in [0, 0.1) is 11.7 Å². The Balaban J connectivity index is 1.92. The number of H-pyrrole nitrogens is 1. The molecule has 3 rings (SSSR count). The summed E-state index contributed by atoms with van der Waals surface area (Å²) >= 11 is 6.18.